The summed E-state index contributed by atoms with van der Waals surface area (Å²) in [5, 5.41) is 5.66. The van der Waals surface area contributed by atoms with Crippen LogP contribution in [0, 0.1) is 0 Å². The molecule has 0 unspecified atom stereocenters. The van der Waals surface area contributed by atoms with Gasteiger partial charge in [-0.15, -0.1) is 0 Å². The summed E-state index contributed by atoms with van der Waals surface area (Å²) in [6, 6.07) is 0.573. The highest BCUT2D eigenvalue weighted by molar-refractivity contribution is 8.26. The van der Waals surface area contributed by atoms with Gasteiger partial charge in [-0.1, -0.05) is 0 Å². The summed E-state index contributed by atoms with van der Waals surface area (Å²) in [5.41, 5.74) is -4.22. The molecule has 0 atom stereocenters. The third kappa shape index (κ3) is 21.5. The van der Waals surface area contributed by atoms with E-state index in [2.05, 4.69) is 37.4 Å². The average molecular weight is 656 g/mol. The third-order valence-electron chi connectivity index (χ3n) is 2.81. The zero-order chi connectivity index (χ0) is 30.6. The minimum absolute atomic E-state index is 0.494. The maximum Gasteiger partial charge on any atom is 0.399 e. The van der Waals surface area contributed by atoms with E-state index < -0.39 is 91.8 Å². The molecule has 2 rings (SSSR count). The molecule has 3 N–H and O–H groups in total. The predicted octanol–water partition coefficient (Wildman–Crippen LogP) is 4.04. The van der Waals surface area contributed by atoms with Crippen LogP contribution in [0.3, 0.4) is 0 Å². The third-order valence-corrected chi connectivity index (χ3v) is 2.94. The number of aliphatic carboxylic acids is 1. The highest BCUT2D eigenvalue weighted by Gasteiger charge is 2.31. The molecule has 2 heterocycles. The number of carbonyl (C=O) groups excluding carboxylic acids is 1. The second-order valence-electron chi connectivity index (χ2n) is 6.01. The zero-order valence-corrected chi connectivity index (χ0v) is 20.5. The standard InChI is InChI=1S/C9H5F3N2O4.C3H2ClF3O.C3H3F3O2.Cl2OS/c10-9(11,12)2-3-1-4(15)18-7-5(3)6(16)13-8(17)14-7;4-2(8)1-3(5,6)7;4-3(5,6)1-2(7)8;1-4(2)3/h1H,2H2,(H2,13,14,16,17);1H2;1H2,(H,7,8);. The average Bonchev–Trinajstić information content (AvgIpc) is 2.54. The number of hydrogen-bond acceptors (Lipinski definition) is 7. The zero-order valence-electron chi connectivity index (χ0n) is 17.4. The van der Waals surface area contributed by atoms with Gasteiger partial charge in [0.2, 0.25) is 20.2 Å². The van der Waals surface area contributed by atoms with Crippen molar-refractivity contribution in [2.24, 2.45) is 0 Å². The lowest BCUT2D eigenvalue weighted by Crippen LogP contribution is -2.25. The Morgan fingerprint density at radius 3 is 1.63 bits per heavy atom. The number of aromatic amines is 2. The Balaban J connectivity index is 0. The van der Waals surface area contributed by atoms with Crippen molar-refractivity contribution >= 4 is 64.5 Å². The molecule has 0 saturated heterocycles. The first-order valence-corrected chi connectivity index (χ1v) is 11.6. The molecule has 0 saturated carbocycles. The van der Waals surface area contributed by atoms with Crippen molar-refractivity contribution in [2.75, 3.05) is 0 Å². The van der Waals surface area contributed by atoms with Crippen LogP contribution in [0.5, 0.6) is 0 Å². The van der Waals surface area contributed by atoms with E-state index >= 15 is 0 Å². The van der Waals surface area contributed by atoms with E-state index in [9.17, 15) is 63.5 Å². The van der Waals surface area contributed by atoms with Gasteiger partial charge in [0.1, 0.15) is 18.2 Å². The Bertz CT molecular complexity index is 1250. The lowest BCUT2D eigenvalue weighted by atomic mass is 10.1. The largest absolute Gasteiger partial charge is 0.481 e. The first-order valence-electron chi connectivity index (χ1n) is 8.47. The van der Waals surface area contributed by atoms with Gasteiger partial charge >= 0.3 is 35.8 Å². The lowest BCUT2D eigenvalue weighted by molar-refractivity contribution is -0.166. The van der Waals surface area contributed by atoms with Crippen LogP contribution in [0.15, 0.2) is 24.9 Å². The number of aromatic nitrogens is 2. The van der Waals surface area contributed by atoms with Crippen molar-refractivity contribution in [3.63, 3.8) is 0 Å². The van der Waals surface area contributed by atoms with Crippen LogP contribution in [-0.4, -0.2) is 49.0 Å². The van der Waals surface area contributed by atoms with Gasteiger partial charge in [-0.3, -0.25) is 24.4 Å². The van der Waals surface area contributed by atoms with Crippen molar-refractivity contribution in [3.05, 3.63) is 42.9 Å². The van der Waals surface area contributed by atoms with Crippen LogP contribution >= 0.6 is 33.0 Å². The fourth-order valence-corrected chi connectivity index (χ4v) is 2.01. The molecular formula is C15H10Cl3F9N2O8S. The summed E-state index contributed by atoms with van der Waals surface area (Å²) in [7, 11) is 7.36. The van der Waals surface area contributed by atoms with Crippen molar-refractivity contribution < 1.29 is 62.8 Å². The number of carboxylic acid groups (broad SMARTS) is 1. The smallest absolute Gasteiger partial charge is 0.399 e. The molecule has 0 radical (unpaired) electrons. The van der Waals surface area contributed by atoms with Gasteiger partial charge in [-0.25, -0.2) is 13.8 Å². The number of fused-ring (bicyclic) bond motifs is 1. The first-order chi connectivity index (χ1) is 16.8. The molecule has 2 aromatic rings. The summed E-state index contributed by atoms with van der Waals surface area (Å²) in [6.45, 7) is 0. The van der Waals surface area contributed by atoms with Crippen molar-refractivity contribution in [2.45, 2.75) is 37.8 Å². The molecule has 0 bridgehead atoms. The molecule has 2 aromatic heterocycles. The van der Waals surface area contributed by atoms with Gasteiger partial charge < -0.3 is 9.52 Å². The minimum Gasteiger partial charge on any atom is -0.481 e. The fraction of sp³-hybridized carbons (Fsp3) is 0.400. The number of hydrogen-bond donors (Lipinski definition) is 3. The van der Waals surface area contributed by atoms with E-state index in [0.29, 0.717) is 6.07 Å². The number of halogens is 12. The Kier molecular flexibility index (Phi) is 15.6. The highest BCUT2D eigenvalue weighted by atomic mass is 36.0. The van der Waals surface area contributed by atoms with Gasteiger partial charge in [0.15, 0.2) is 0 Å². The van der Waals surface area contributed by atoms with Gasteiger partial charge in [-0.05, 0) is 17.2 Å². The van der Waals surface area contributed by atoms with Crippen molar-refractivity contribution in [1.82, 2.24) is 9.97 Å². The Morgan fingerprint density at radius 1 is 0.895 bits per heavy atom. The molecule has 10 nitrogen and oxygen atoms in total. The van der Waals surface area contributed by atoms with Crippen molar-refractivity contribution in [3.8, 4) is 0 Å². The molecule has 218 valence electrons. The molecule has 0 aliphatic carbocycles. The van der Waals surface area contributed by atoms with Gasteiger partial charge in [0.05, 0.1) is 6.42 Å². The molecule has 23 heteroatoms. The van der Waals surface area contributed by atoms with Crippen molar-refractivity contribution in [1.29, 1.82) is 0 Å². The van der Waals surface area contributed by atoms with Gasteiger partial charge in [0, 0.05) is 27.4 Å². The normalized spacial score (nSPS) is 11.4. The van der Waals surface area contributed by atoms with E-state index in [1.807, 2.05) is 4.98 Å². The molecule has 0 amide bonds. The summed E-state index contributed by atoms with van der Waals surface area (Å²) >= 11 is 4.40. The number of carbonyl (C=O) groups is 2. The molecule has 0 spiro atoms. The highest BCUT2D eigenvalue weighted by Crippen LogP contribution is 2.23. The monoisotopic (exact) mass is 654 g/mol. The molecule has 0 aliphatic heterocycles. The summed E-state index contributed by atoms with van der Waals surface area (Å²) in [4.78, 5) is 55.9. The van der Waals surface area contributed by atoms with E-state index in [1.54, 1.807) is 4.98 Å². The second kappa shape index (κ2) is 15.7. The second-order valence-corrected chi connectivity index (χ2v) is 8.96. The van der Waals surface area contributed by atoms with Crippen LogP contribution in [0.25, 0.3) is 11.1 Å². The Morgan fingerprint density at radius 2 is 1.34 bits per heavy atom. The number of H-pyrrole nitrogens is 2. The number of carboxylic acids is 1. The fourth-order valence-electron chi connectivity index (χ4n) is 1.86. The minimum atomic E-state index is -4.59. The first kappa shape index (κ1) is 37.6. The Hall–Kier alpha value is -2.58. The predicted molar refractivity (Wildman–Crippen MR) is 113 cm³/mol. The van der Waals surface area contributed by atoms with Crippen LogP contribution in [0.1, 0.15) is 18.4 Å². The van der Waals surface area contributed by atoms with Crippen LogP contribution in [0.2, 0.25) is 0 Å². The summed E-state index contributed by atoms with van der Waals surface area (Å²) in [6.07, 6.45) is -18.4. The molecule has 38 heavy (non-hydrogen) atoms. The van der Waals surface area contributed by atoms with Crippen LogP contribution in [-0.2, 0) is 25.2 Å². The van der Waals surface area contributed by atoms with Gasteiger partial charge in [-0.2, -0.15) is 39.5 Å². The summed E-state index contributed by atoms with van der Waals surface area (Å²) in [5.74, 6) is -1.85. The van der Waals surface area contributed by atoms with Crippen LogP contribution < -0.4 is 16.9 Å². The Labute approximate surface area is 218 Å². The van der Waals surface area contributed by atoms with E-state index in [-0.39, 0.29) is 0 Å². The number of alkyl halides is 9. The SMILES string of the molecule is O=C(Cl)CC(F)(F)F.O=C(O)CC(F)(F)F.O=S(Cl)Cl.O=c1[nH]c(=O)c2c(CC(F)(F)F)cc(=O)oc2[nH]1. The van der Waals surface area contributed by atoms with Gasteiger partial charge in [0.25, 0.3) is 5.56 Å². The maximum absolute atomic E-state index is 12.3. The molecule has 0 fully saturated rings. The van der Waals surface area contributed by atoms with E-state index in [4.69, 9.17) is 9.32 Å². The topological polar surface area (TPSA) is 167 Å². The van der Waals surface area contributed by atoms with E-state index in [1.165, 1.54) is 0 Å². The molecule has 0 aromatic carbocycles. The summed E-state index contributed by atoms with van der Waals surface area (Å²) < 4.78 is 116. The number of nitrogens with one attached hydrogen (secondary N) is 2. The van der Waals surface area contributed by atoms with Crippen LogP contribution in [0.4, 0.5) is 39.5 Å². The van der Waals surface area contributed by atoms with E-state index in [0.717, 1.165) is 0 Å². The quantitative estimate of drug-likeness (QED) is 0.329. The lowest BCUT2D eigenvalue weighted by Gasteiger charge is -2.07. The molecule has 0 aliphatic rings. The maximum atomic E-state index is 12.3. The number of rotatable bonds is 3. The molecular weight excluding hydrogens is 646 g/mol.